The number of nitrogens with zero attached hydrogens (tertiary/aromatic N) is 1. The van der Waals surface area contributed by atoms with Gasteiger partial charge in [0.15, 0.2) is 0 Å². The molecular weight excluding hydrogens is 434 g/mol. The molecule has 1 atom stereocenters. The van der Waals surface area contributed by atoms with Gasteiger partial charge in [-0.1, -0.05) is 12.1 Å². The third-order valence-electron chi connectivity index (χ3n) is 6.04. The molecule has 7 nitrogen and oxygen atoms in total. The summed E-state index contributed by atoms with van der Waals surface area (Å²) in [6.07, 6.45) is 2.33. The van der Waals surface area contributed by atoms with E-state index in [1.807, 2.05) is 50.2 Å². The Kier molecular flexibility index (Phi) is 7.22. The van der Waals surface area contributed by atoms with Gasteiger partial charge < -0.3 is 24.2 Å². The minimum atomic E-state index is -0.697. The van der Waals surface area contributed by atoms with Crippen LogP contribution in [-0.4, -0.2) is 54.7 Å². The largest absolute Gasteiger partial charge is 0.507 e. The number of carbonyl (C=O) groups is 2. The minimum absolute atomic E-state index is 0.0264. The lowest BCUT2D eigenvalue weighted by Crippen LogP contribution is -2.31. The monoisotopic (exact) mass is 465 g/mol. The summed E-state index contributed by atoms with van der Waals surface area (Å²) < 4.78 is 16.6. The van der Waals surface area contributed by atoms with Crippen LogP contribution in [0.4, 0.5) is 0 Å². The van der Waals surface area contributed by atoms with E-state index in [9.17, 15) is 14.7 Å². The maximum absolute atomic E-state index is 13.2. The maximum atomic E-state index is 13.2. The summed E-state index contributed by atoms with van der Waals surface area (Å²) in [5.74, 6) is 0.0150. The summed E-state index contributed by atoms with van der Waals surface area (Å²) in [5.41, 5.74) is 2.31. The Morgan fingerprint density at radius 3 is 2.65 bits per heavy atom. The lowest BCUT2D eigenvalue weighted by atomic mass is 9.94. The number of benzene rings is 2. The number of fused-ring (bicyclic) bond motifs is 1. The number of aliphatic hydroxyl groups is 1. The van der Waals surface area contributed by atoms with Gasteiger partial charge in [-0.3, -0.25) is 9.59 Å². The number of aryl methyl sites for hydroxylation is 1. The molecule has 2 aromatic rings. The zero-order valence-electron chi connectivity index (χ0n) is 19.9. The molecule has 34 heavy (non-hydrogen) atoms. The molecule has 1 N–H and O–H groups in total. The first-order valence-corrected chi connectivity index (χ1v) is 11.7. The Hall–Kier alpha value is -3.32. The van der Waals surface area contributed by atoms with Crippen molar-refractivity contribution in [2.75, 3.05) is 26.9 Å². The molecule has 2 aromatic carbocycles. The molecule has 2 heterocycles. The van der Waals surface area contributed by atoms with Crippen molar-refractivity contribution < 1.29 is 28.9 Å². The summed E-state index contributed by atoms with van der Waals surface area (Å²) in [6, 6.07) is 12.0. The Balaban J connectivity index is 1.76. The molecule has 0 radical (unpaired) electrons. The SMILES string of the molecule is COCCCN1C(=O)C(=O)/C(=C(\O)c2ccc3c(c2)CCCO3)C1c1ccc(OC(C)C)cc1. The lowest BCUT2D eigenvalue weighted by Gasteiger charge is -2.25. The maximum Gasteiger partial charge on any atom is 0.295 e. The molecular formula is C27H31NO6. The van der Waals surface area contributed by atoms with E-state index >= 15 is 0 Å². The molecule has 2 aliphatic rings. The average molecular weight is 466 g/mol. The van der Waals surface area contributed by atoms with Gasteiger partial charge >= 0.3 is 0 Å². The van der Waals surface area contributed by atoms with Gasteiger partial charge in [0.05, 0.1) is 24.3 Å². The summed E-state index contributed by atoms with van der Waals surface area (Å²) in [7, 11) is 1.60. The molecule has 0 aromatic heterocycles. The van der Waals surface area contributed by atoms with E-state index in [1.54, 1.807) is 13.2 Å². The summed E-state index contributed by atoms with van der Waals surface area (Å²) in [4.78, 5) is 27.7. The van der Waals surface area contributed by atoms with E-state index < -0.39 is 17.7 Å². The van der Waals surface area contributed by atoms with Crippen molar-refractivity contribution in [3.05, 3.63) is 64.7 Å². The molecule has 1 unspecified atom stereocenters. The second kappa shape index (κ2) is 10.3. The lowest BCUT2D eigenvalue weighted by molar-refractivity contribution is -0.140. The molecule has 0 bridgehead atoms. The van der Waals surface area contributed by atoms with Gasteiger partial charge in [0.1, 0.15) is 17.3 Å². The molecule has 0 saturated carbocycles. The number of carbonyl (C=O) groups excluding carboxylic acids is 2. The van der Waals surface area contributed by atoms with Crippen LogP contribution >= 0.6 is 0 Å². The number of methoxy groups -OCH3 is 1. The van der Waals surface area contributed by atoms with Crippen LogP contribution in [0.5, 0.6) is 11.5 Å². The van der Waals surface area contributed by atoms with E-state index in [1.165, 1.54) is 4.90 Å². The highest BCUT2D eigenvalue weighted by atomic mass is 16.5. The second-order valence-corrected chi connectivity index (χ2v) is 8.85. The predicted molar refractivity (Wildman–Crippen MR) is 128 cm³/mol. The molecule has 1 saturated heterocycles. The standard InChI is InChI=1S/C27H31NO6/c1-17(2)34-21-10-7-18(8-11-21)24-23(26(30)27(31)28(24)13-5-14-32-3)25(29)20-9-12-22-19(16-20)6-4-15-33-22/h7-12,16-17,24,29H,4-6,13-15H2,1-3H3/b25-23-. The van der Waals surface area contributed by atoms with Crippen LogP contribution in [0.3, 0.4) is 0 Å². The van der Waals surface area contributed by atoms with Gasteiger partial charge in [-0.15, -0.1) is 0 Å². The third kappa shape index (κ3) is 4.80. The number of likely N-dealkylation sites (tertiary alicyclic amines) is 1. The van der Waals surface area contributed by atoms with Crippen LogP contribution in [0.2, 0.25) is 0 Å². The predicted octanol–water partition coefficient (Wildman–Crippen LogP) is 4.26. The van der Waals surface area contributed by atoms with Gasteiger partial charge in [-0.25, -0.2) is 0 Å². The highest BCUT2D eigenvalue weighted by Crippen LogP contribution is 2.40. The van der Waals surface area contributed by atoms with Gasteiger partial charge in [0, 0.05) is 25.8 Å². The molecule has 0 spiro atoms. The number of amides is 1. The van der Waals surface area contributed by atoms with E-state index in [0.717, 1.165) is 29.7 Å². The first-order chi connectivity index (χ1) is 16.4. The fourth-order valence-corrected chi connectivity index (χ4v) is 4.50. The highest BCUT2D eigenvalue weighted by Gasteiger charge is 2.45. The Morgan fingerprint density at radius 1 is 1.18 bits per heavy atom. The number of hydrogen-bond acceptors (Lipinski definition) is 6. The molecule has 1 fully saturated rings. The first-order valence-electron chi connectivity index (χ1n) is 11.7. The van der Waals surface area contributed by atoms with Crippen molar-refractivity contribution in [2.45, 2.75) is 45.3 Å². The number of rotatable bonds is 8. The van der Waals surface area contributed by atoms with E-state index in [2.05, 4.69) is 0 Å². The molecule has 7 heteroatoms. The third-order valence-corrected chi connectivity index (χ3v) is 6.04. The van der Waals surface area contributed by atoms with Gasteiger partial charge in [-0.2, -0.15) is 0 Å². The molecule has 0 aliphatic carbocycles. The van der Waals surface area contributed by atoms with Crippen LogP contribution in [-0.2, 0) is 20.7 Å². The van der Waals surface area contributed by atoms with E-state index in [4.69, 9.17) is 14.2 Å². The molecule has 1 amide bonds. The van der Waals surface area contributed by atoms with Crippen molar-refractivity contribution in [3.63, 3.8) is 0 Å². The van der Waals surface area contributed by atoms with Crippen LogP contribution in [0.25, 0.3) is 5.76 Å². The van der Waals surface area contributed by atoms with Gasteiger partial charge in [0.25, 0.3) is 11.7 Å². The fourth-order valence-electron chi connectivity index (χ4n) is 4.50. The molecule has 180 valence electrons. The summed E-state index contributed by atoms with van der Waals surface area (Å²) >= 11 is 0. The van der Waals surface area contributed by atoms with Crippen molar-refractivity contribution in [1.29, 1.82) is 0 Å². The van der Waals surface area contributed by atoms with Gasteiger partial charge in [0.2, 0.25) is 0 Å². The van der Waals surface area contributed by atoms with Crippen LogP contribution < -0.4 is 9.47 Å². The number of Topliss-reactive ketones (excluding diaryl/α,β-unsaturated/α-hetero) is 1. The zero-order chi connectivity index (χ0) is 24.2. The Morgan fingerprint density at radius 2 is 1.94 bits per heavy atom. The van der Waals surface area contributed by atoms with Crippen molar-refractivity contribution >= 4 is 17.4 Å². The number of ketones is 1. The zero-order valence-corrected chi connectivity index (χ0v) is 19.9. The second-order valence-electron chi connectivity index (χ2n) is 8.85. The number of ether oxygens (including phenoxy) is 3. The normalized spacial score (nSPS) is 19.3. The molecule has 2 aliphatic heterocycles. The Bertz CT molecular complexity index is 1090. The van der Waals surface area contributed by atoms with Crippen molar-refractivity contribution in [3.8, 4) is 11.5 Å². The highest BCUT2D eigenvalue weighted by molar-refractivity contribution is 6.46. The average Bonchev–Trinajstić information content (AvgIpc) is 3.08. The van der Waals surface area contributed by atoms with E-state index in [0.29, 0.717) is 37.5 Å². The van der Waals surface area contributed by atoms with Crippen LogP contribution in [0.15, 0.2) is 48.0 Å². The number of aliphatic hydroxyl groups excluding tert-OH is 1. The van der Waals surface area contributed by atoms with Crippen LogP contribution in [0.1, 0.15) is 49.4 Å². The molecule has 4 rings (SSSR count). The quantitative estimate of drug-likeness (QED) is 0.271. The summed E-state index contributed by atoms with van der Waals surface area (Å²) in [5, 5.41) is 11.3. The van der Waals surface area contributed by atoms with Crippen molar-refractivity contribution in [1.82, 2.24) is 4.90 Å². The van der Waals surface area contributed by atoms with Crippen molar-refractivity contribution in [2.24, 2.45) is 0 Å². The minimum Gasteiger partial charge on any atom is -0.507 e. The van der Waals surface area contributed by atoms with Crippen LogP contribution in [0, 0.1) is 0 Å². The first kappa shape index (κ1) is 23.8. The summed E-state index contributed by atoms with van der Waals surface area (Å²) in [6.45, 7) is 5.36. The topological polar surface area (TPSA) is 85.3 Å². The number of hydrogen-bond donors (Lipinski definition) is 1. The van der Waals surface area contributed by atoms with Gasteiger partial charge in [-0.05, 0) is 74.6 Å². The smallest absolute Gasteiger partial charge is 0.295 e. The fraction of sp³-hybridized carbons (Fsp3) is 0.407. The van der Waals surface area contributed by atoms with E-state index in [-0.39, 0.29) is 17.4 Å². The Labute approximate surface area is 199 Å².